The van der Waals surface area contributed by atoms with Crippen molar-refractivity contribution in [2.75, 3.05) is 5.32 Å². The number of hydrogen-bond acceptors (Lipinski definition) is 4. The number of nitrogens with zero attached hydrogens (tertiary/aromatic N) is 1. The largest absolute Gasteiger partial charge is 0.449 e. The van der Waals surface area contributed by atoms with E-state index in [4.69, 9.17) is 4.74 Å². The Balaban J connectivity index is 1.61. The molecule has 0 saturated heterocycles. The third-order valence-corrected chi connectivity index (χ3v) is 4.37. The lowest BCUT2D eigenvalue weighted by atomic mass is 10.1. The zero-order valence-corrected chi connectivity index (χ0v) is 16.1. The van der Waals surface area contributed by atoms with Crippen LogP contribution in [0.4, 0.5) is 5.69 Å². The molecule has 27 heavy (non-hydrogen) atoms. The number of halogens is 1. The van der Waals surface area contributed by atoms with Crippen LogP contribution in [0.3, 0.4) is 0 Å². The molecular formula is C21H17BrN2O3. The van der Waals surface area contributed by atoms with Crippen molar-refractivity contribution in [2.45, 2.75) is 13.0 Å². The molecule has 3 aromatic rings. The van der Waals surface area contributed by atoms with Gasteiger partial charge in [-0.15, -0.1) is 0 Å². The molecule has 3 rings (SSSR count). The summed E-state index contributed by atoms with van der Waals surface area (Å²) in [5.41, 5.74) is 2.23. The van der Waals surface area contributed by atoms with Gasteiger partial charge in [-0.2, -0.15) is 0 Å². The average Bonchev–Trinajstić information content (AvgIpc) is 2.68. The summed E-state index contributed by atoms with van der Waals surface area (Å²) >= 11 is 3.33. The predicted octanol–water partition coefficient (Wildman–Crippen LogP) is 4.58. The number of anilines is 1. The van der Waals surface area contributed by atoms with Crippen LogP contribution in [0.15, 0.2) is 71.3 Å². The standard InChI is InChI=1S/C21H17BrN2O3/c1-14(21(26)24-18-10-8-17(22)9-11-18)27-19(25)12-7-16-5-2-4-15-6-3-13-23-20(15)16/h2-14H,1H3,(H,24,26)/b12-7+. The zero-order valence-electron chi connectivity index (χ0n) is 14.6. The third kappa shape index (κ3) is 5.01. The highest BCUT2D eigenvalue weighted by Crippen LogP contribution is 2.17. The first-order valence-electron chi connectivity index (χ1n) is 8.32. The highest BCUT2D eigenvalue weighted by Gasteiger charge is 2.16. The van der Waals surface area contributed by atoms with Crippen LogP contribution in [0.2, 0.25) is 0 Å². The Morgan fingerprint density at radius 1 is 1.11 bits per heavy atom. The van der Waals surface area contributed by atoms with E-state index >= 15 is 0 Å². The van der Waals surface area contributed by atoms with Crippen molar-refractivity contribution in [1.82, 2.24) is 4.98 Å². The number of para-hydroxylation sites is 1. The fraction of sp³-hybridized carbons (Fsp3) is 0.0952. The van der Waals surface area contributed by atoms with Crippen molar-refractivity contribution >= 4 is 50.5 Å². The van der Waals surface area contributed by atoms with Gasteiger partial charge in [0.15, 0.2) is 6.10 Å². The number of aromatic nitrogens is 1. The van der Waals surface area contributed by atoms with E-state index in [2.05, 4.69) is 26.2 Å². The van der Waals surface area contributed by atoms with Crippen LogP contribution in [-0.4, -0.2) is 23.0 Å². The summed E-state index contributed by atoms with van der Waals surface area (Å²) in [7, 11) is 0. The van der Waals surface area contributed by atoms with E-state index in [0.717, 1.165) is 20.9 Å². The Kier molecular flexibility index (Phi) is 5.98. The van der Waals surface area contributed by atoms with Gasteiger partial charge in [-0.3, -0.25) is 9.78 Å². The zero-order chi connectivity index (χ0) is 19.2. The number of ether oxygens (including phenoxy) is 1. The van der Waals surface area contributed by atoms with Gasteiger partial charge in [-0.25, -0.2) is 4.79 Å². The number of carbonyl (C=O) groups excluding carboxylic acids is 2. The molecule has 1 amide bonds. The topological polar surface area (TPSA) is 68.3 Å². The van der Waals surface area contributed by atoms with E-state index in [1.165, 1.54) is 13.0 Å². The van der Waals surface area contributed by atoms with Crippen molar-refractivity contribution < 1.29 is 14.3 Å². The summed E-state index contributed by atoms with van der Waals surface area (Å²) in [6.07, 6.45) is 3.72. The molecule has 0 radical (unpaired) electrons. The van der Waals surface area contributed by atoms with Gasteiger partial charge in [-0.1, -0.05) is 40.2 Å². The lowest BCUT2D eigenvalue weighted by molar-refractivity contribution is -0.148. The van der Waals surface area contributed by atoms with E-state index < -0.39 is 18.0 Å². The Bertz CT molecular complexity index is 994. The first kappa shape index (κ1) is 18.8. The van der Waals surface area contributed by atoms with Crippen molar-refractivity contribution in [3.05, 3.63) is 76.9 Å². The normalized spacial score (nSPS) is 12.1. The van der Waals surface area contributed by atoms with Gasteiger partial charge in [0.1, 0.15) is 0 Å². The van der Waals surface area contributed by atoms with Crippen molar-refractivity contribution in [1.29, 1.82) is 0 Å². The second-order valence-electron chi connectivity index (χ2n) is 5.83. The Morgan fingerprint density at radius 2 is 1.85 bits per heavy atom. The van der Waals surface area contributed by atoms with Crippen LogP contribution < -0.4 is 5.32 Å². The second kappa shape index (κ2) is 8.60. The maximum atomic E-state index is 12.1. The maximum absolute atomic E-state index is 12.1. The van der Waals surface area contributed by atoms with Crippen molar-refractivity contribution in [2.24, 2.45) is 0 Å². The van der Waals surface area contributed by atoms with Crippen LogP contribution in [0.1, 0.15) is 12.5 Å². The lowest BCUT2D eigenvalue weighted by Gasteiger charge is -2.12. The molecule has 6 heteroatoms. The molecule has 0 spiro atoms. The second-order valence-corrected chi connectivity index (χ2v) is 6.75. The van der Waals surface area contributed by atoms with Crippen LogP contribution in [-0.2, 0) is 14.3 Å². The third-order valence-electron chi connectivity index (χ3n) is 3.84. The molecule has 0 bridgehead atoms. The van der Waals surface area contributed by atoms with E-state index in [-0.39, 0.29) is 0 Å². The van der Waals surface area contributed by atoms with E-state index in [9.17, 15) is 9.59 Å². The van der Waals surface area contributed by atoms with Crippen LogP contribution in [0.5, 0.6) is 0 Å². The Hall–Kier alpha value is -2.99. The molecule has 0 aliphatic carbocycles. The van der Waals surface area contributed by atoms with Crippen LogP contribution in [0.25, 0.3) is 17.0 Å². The van der Waals surface area contributed by atoms with Crippen LogP contribution in [0, 0.1) is 0 Å². The van der Waals surface area contributed by atoms with Crippen LogP contribution >= 0.6 is 15.9 Å². The van der Waals surface area contributed by atoms with Crippen molar-refractivity contribution in [3.8, 4) is 0 Å². The van der Waals surface area contributed by atoms with E-state index in [1.807, 2.05) is 42.5 Å². The summed E-state index contributed by atoms with van der Waals surface area (Å²) in [5, 5.41) is 3.68. The molecule has 0 aliphatic heterocycles. The lowest BCUT2D eigenvalue weighted by Crippen LogP contribution is -2.29. The highest BCUT2D eigenvalue weighted by molar-refractivity contribution is 9.10. The van der Waals surface area contributed by atoms with Gasteiger partial charge in [0.05, 0.1) is 5.52 Å². The molecule has 2 aromatic carbocycles. The molecular weight excluding hydrogens is 408 g/mol. The first-order valence-corrected chi connectivity index (χ1v) is 9.11. The molecule has 1 heterocycles. The number of amides is 1. The summed E-state index contributed by atoms with van der Waals surface area (Å²) in [5.74, 6) is -0.993. The number of nitrogens with one attached hydrogen (secondary N) is 1. The molecule has 5 nitrogen and oxygen atoms in total. The Labute approximate surface area is 165 Å². The van der Waals surface area contributed by atoms with Crippen molar-refractivity contribution in [3.63, 3.8) is 0 Å². The monoisotopic (exact) mass is 424 g/mol. The van der Waals surface area contributed by atoms with Gasteiger partial charge in [-0.05, 0) is 43.3 Å². The number of esters is 1. The smallest absolute Gasteiger partial charge is 0.331 e. The molecule has 1 unspecified atom stereocenters. The molecule has 0 fully saturated rings. The molecule has 136 valence electrons. The van der Waals surface area contributed by atoms with Gasteiger partial charge in [0.2, 0.25) is 0 Å². The number of hydrogen-bond donors (Lipinski definition) is 1. The summed E-state index contributed by atoms with van der Waals surface area (Å²) in [4.78, 5) is 28.5. The SMILES string of the molecule is CC(OC(=O)/C=C/c1cccc2cccnc12)C(=O)Nc1ccc(Br)cc1. The quantitative estimate of drug-likeness (QED) is 0.480. The van der Waals surface area contributed by atoms with Gasteiger partial charge in [0.25, 0.3) is 5.91 Å². The first-order chi connectivity index (χ1) is 13.0. The molecule has 1 N–H and O–H groups in total. The number of benzene rings is 2. The molecule has 1 aromatic heterocycles. The molecule has 0 aliphatic rings. The summed E-state index contributed by atoms with van der Waals surface area (Å²) in [6, 6.07) is 16.6. The van der Waals surface area contributed by atoms with E-state index in [0.29, 0.717) is 5.69 Å². The minimum Gasteiger partial charge on any atom is -0.449 e. The highest BCUT2D eigenvalue weighted by atomic mass is 79.9. The number of rotatable bonds is 5. The number of carbonyl (C=O) groups is 2. The summed E-state index contributed by atoms with van der Waals surface area (Å²) in [6.45, 7) is 1.53. The summed E-state index contributed by atoms with van der Waals surface area (Å²) < 4.78 is 6.08. The van der Waals surface area contributed by atoms with Gasteiger partial charge >= 0.3 is 5.97 Å². The molecule has 0 saturated carbocycles. The molecule has 1 atom stereocenters. The number of pyridine rings is 1. The fourth-order valence-corrected chi connectivity index (χ4v) is 2.73. The van der Waals surface area contributed by atoms with Gasteiger partial charge in [0, 0.05) is 33.4 Å². The minimum absolute atomic E-state index is 0.397. The Morgan fingerprint density at radius 3 is 2.63 bits per heavy atom. The maximum Gasteiger partial charge on any atom is 0.331 e. The predicted molar refractivity (Wildman–Crippen MR) is 109 cm³/mol. The van der Waals surface area contributed by atoms with Gasteiger partial charge < -0.3 is 10.1 Å². The average molecular weight is 425 g/mol. The van der Waals surface area contributed by atoms with E-state index in [1.54, 1.807) is 24.4 Å². The fourth-order valence-electron chi connectivity index (χ4n) is 2.46. The minimum atomic E-state index is -0.920. The number of fused-ring (bicyclic) bond motifs is 1.